The van der Waals surface area contributed by atoms with Crippen LogP contribution in [0.25, 0.3) is 5.70 Å². The topological polar surface area (TPSA) is 48.5 Å². The maximum atomic E-state index is 11.0. The van der Waals surface area contributed by atoms with E-state index in [-0.39, 0.29) is 5.41 Å². The van der Waals surface area contributed by atoms with Crippen LogP contribution in [0.4, 0.5) is 15.8 Å². The monoisotopic (exact) mass is 464 g/mol. The molecule has 5 heteroatoms. The number of nitrogens with zero attached hydrogens (tertiary/aromatic N) is 1. The molecule has 0 bridgehead atoms. The maximum Gasteiger partial charge on any atom is 0.126 e. The SMILES string of the molecule is C=C(NC(/C=C(\C)C(C)(C)C)=NC)Nc1ccc(NC(=C)c2cccc(C)c2)cc1.CC(C)F. The molecule has 0 fully saturated rings. The number of nitrogens with one attached hydrogen (secondary N) is 3. The molecule has 2 aromatic carbocycles. The van der Waals surface area contributed by atoms with E-state index in [1.54, 1.807) is 7.05 Å². The van der Waals surface area contributed by atoms with Crippen molar-refractivity contribution in [1.82, 2.24) is 5.32 Å². The summed E-state index contributed by atoms with van der Waals surface area (Å²) in [5.41, 5.74) is 6.42. The largest absolute Gasteiger partial charge is 0.356 e. The summed E-state index contributed by atoms with van der Waals surface area (Å²) in [7, 11) is 1.77. The molecule has 4 nitrogen and oxygen atoms in total. The van der Waals surface area contributed by atoms with Gasteiger partial charge in [-0.05, 0) is 75.1 Å². The standard InChI is InChI=1S/C26H34N4.C3H7F/c1-18-10-9-11-22(16-18)20(3)28-23-12-14-24(15-13-23)29-21(4)30-25(27-8)17-19(2)26(5,6)7;1-3(2)4/h9-17,28-29H,3-4H2,1-2,5-8H3,(H,27,30);3H,1-2H3/b19-17+;. The number of benzene rings is 2. The first-order chi connectivity index (χ1) is 15.8. The van der Waals surface area contributed by atoms with Gasteiger partial charge in [0.1, 0.15) is 11.7 Å². The Labute approximate surface area is 205 Å². The number of anilines is 2. The first-order valence-electron chi connectivity index (χ1n) is 11.5. The molecule has 184 valence electrons. The molecule has 0 aliphatic rings. The molecule has 0 heterocycles. The van der Waals surface area contributed by atoms with Crippen molar-refractivity contribution in [3.8, 4) is 0 Å². The number of amidine groups is 1. The highest BCUT2D eigenvalue weighted by atomic mass is 19.1. The summed E-state index contributed by atoms with van der Waals surface area (Å²) in [6.45, 7) is 21.9. The summed E-state index contributed by atoms with van der Waals surface area (Å²) in [6.07, 6.45) is 1.39. The van der Waals surface area contributed by atoms with Crippen molar-refractivity contribution in [2.75, 3.05) is 17.7 Å². The Bertz CT molecular complexity index is 1010. The van der Waals surface area contributed by atoms with E-state index >= 15 is 0 Å². The van der Waals surface area contributed by atoms with Crippen molar-refractivity contribution >= 4 is 22.9 Å². The van der Waals surface area contributed by atoms with Gasteiger partial charge in [-0.2, -0.15) is 0 Å². The van der Waals surface area contributed by atoms with Crippen molar-refractivity contribution in [3.63, 3.8) is 0 Å². The molecule has 0 saturated heterocycles. The molecule has 0 spiro atoms. The zero-order valence-electron chi connectivity index (χ0n) is 22.0. The van der Waals surface area contributed by atoms with Crippen molar-refractivity contribution in [1.29, 1.82) is 0 Å². The number of rotatable bonds is 7. The minimum atomic E-state index is -0.667. The third-order valence-electron chi connectivity index (χ3n) is 4.90. The van der Waals surface area contributed by atoms with Crippen LogP contribution in [-0.4, -0.2) is 19.1 Å². The van der Waals surface area contributed by atoms with Gasteiger partial charge in [-0.25, -0.2) is 4.39 Å². The van der Waals surface area contributed by atoms with Gasteiger partial charge in [0.2, 0.25) is 0 Å². The average molecular weight is 465 g/mol. The molecule has 0 saturated carbocycles. The van der Waals surface area contributed by atoms with Gasteiger partial charge in [0.05, 0.1) is 6.17 Å². The van der Waals surface area contributed by atoms with Crippen LogP contribution in [0.2, 0.25) is 0 Å². The summed E-state index contributed by atoms with van der Waals surface area (Å²) in [5, 5.41) is 9.86. The molecule has 0 unspecified atom stereocenters. The van der Waals surface area contributed by atoms with E-state index in [1.807, 2.05) is 30.3 Å². The molecule has 0 radical (unpaired) electrons. The third kappa shape index (κ3) is 11.0. The lowest BCUT2D eigenvalue weighted by atomic mass is 9.87. The van der Waals surface area contributed by atoms with Gasteiger partial charge in [0.25, 0.3) is 0 Å². The molecular weight excluding hydrogens is 423 g/mol. The van der Waals surface area contributed by atoms with Crippen LogP contribution in [0.5, 0.6) is 0 Å². The normalized spacial score (nSPS) is 11.9. The number of hydrogen-bond donors (Lipinski definition) is 3. The molecule has 0 aliphatic carbocycles. The van der Waals surface area contributed by atoms with Crippen LogP contribution in [0, 0.1) is 12.3 Å². The second-order valence-corrected chi connectivity index (χ2v) is 9.48. The van der Waals surface area contributed by atoms with Crippen LogP contribution in [0.15, 0.2) is 84.2 Å². The predicted octanol–water partition coefficient (Wildman–Crippen LogP) is 7.94. The number of hydrogen-bond acceptors (Lipinski definition) is 3. The Morgan fingerprint density at radius 2 is 1.53 bits per heavy atom. The Hall–Kier alpha value is -3.34. The molecule has 2 aromatic rings. The van der Waals surface area contributed by atoms with Gasteiger partial charge >= 0.3 is 0 Å². The van der Waals surface area contributed by atoms with Crippen LogP contribution in [0.1, 0.15) is 52.7 Å². The highest BCUT2D eigenvalue weighted by molar-refractivity contribution is 5.95. The summed E-state index contributed by atoms with van der Waals surface area (Å²) < 4.78 is 11.0. The second-order valence-electron chi connectivity index (χ2n) is 9.48. The van der Waals surface area contributed by atoms with Crippen molar-refractivity contribution in [2.45, 2.75) is 54.6 Å². The lowest BCUT2D eigenvalue weighted by molar-refractivity contribution is 0.391. The summed E-state index contributed by atoms with van der Waals surface area (Å²) in [6, 6.07) is 16.3. The van der Waals surface area contributed by atoms with Gasteiger partial charge in [0.15, 0.2) is 0 Å². The van der Waals surface area contributed by atoms with Crippen molar-refractivity contribution < 1.29 is 4.39 Å². The smallest absolute Gasteiger partial charge is 0.126 e. The minimum Gasteiger partial charge on any atom is -0.356 e. The lowest BCUT2D eigenvalue weighted by Gasteiger charge is -2.20. The maximum absolute atomic E-state index is 11.0. The molecule has 34 heavy (non-hydrogen) atoms. The van der Waals surface area contributed by atoms with Gasteiger partial charge in [-0.3, -0.25) is 4.99 Å². The van der Waals surface area contributed by atoms with Gasteiger partial charge in [-0.1, -0.05) is 63.3 Å². The highest BCUT2D eigenvalue weighted by Crippen LogP contribution is 2.24. The zero-order chi connectivity index (χ0) is 25.9. The quantitative estimate of drug-likeness (QED) is 0.288. The highest BCUT2D eigenvalue weighted by Gasteiger charge is 2.13. The van der Waals surface area contributed by atoms with Gasteiger partial charge < -0.3 is 16.0 Å². The van der Waals surface area contributed by atoms with Crippen LogP contribution >= 0.6 is 0 Å². The predicted molar refractivity (Wildman–Crippen MR) is 149 cm³/mol. The summed E-state index contributed by atoms with van der Waals surface area (Å²) in [5.74, 6) is 1.44. The molecule has 0 aliphatic heterocycles. The van der Waals surface area contributed by atoms with Crippen LogP contribution < -0.4 is 16.0 Å². The summed E-state index contributed by atoms with van der Waals surface area (Å²) in [4.78, 5) is 4.31. The van der Waals surface area contributed by atoms with E-state index in [0.717, 1.165) is 28.5 Å². The van der Waals surface area contributed by atoms with Crippen LogP contribution in [0.3, 0.4) is 0 Å². The fourth-order valence-electron chi connectivity index (χ4n) is 2.65. The fourth-order valence-corrected chi connectivity index (χ4v) is 2.65. The average Bonchev–Trinajstić information content (AvgIpc) is 2.73. The Morgan fingerprint density at radius 3 is 2.00 bits per heavy atom. The number of allylic oxidation sites excluding steroid dienone is 1. The third-order valence-corrected chi connectivity index (χ3v) is 4.90. The first kappa shape index (κ1) is 28.7. The molecule has 0 atom stereocenters. The Kier molecular flexibility index (Phi) is 11.3. The second kappa shape index (κ2) is 13.4. The Balaban J connectivity index is 0.00000133. The van der Waals surface area contributed by atoms with Crippen LogP contribution in [-0.2, 0) is 0 Å². The minimum absolute atomic E-state index is 0.0949. The van der Waals surface area contributed by atoms with E-state index in [0.29, 0.717) is 5.82 Å². The molecule has 2 rings (SSSR count). The first-order valence-corrected chi connectivity index (χ1v) is 11.5. The molecule has 0 aromatic heterocycles. The molecule has 3 N–H and O–H groups in total. The van der Waals surface area contributed by atoms with E-state index in [9.17, 15) is 4.39 Å². The van der Waals surface area contributed by atoms with Crippen molar-refractivity contribution in [2.24, 2.45) is 10.4 Å². The number of halogens is 1. The van der Waals surface area contributed by atoms with E-state index in [4.69, 9.17) is 0 Å². The lowest BCUT2D eigenvalue weighted by Crippen LogP contribution is -2.25. The fraction of sp³-hybridized carbons (Fsp3) is 0.345. The van der Waals surface area contributed by atoms with E-state index < -0.39 is 6.17 Å². The summed E-state index contributed by atoms with van der Waals surface area (Å²) >= 11 is 0. The molecule has 0 amide bonds. The van der Waals surface area contributed by atoms with E-state index in [2.05, 4.69) is 93.0 Å². The van der Waals surface area contributed by atoms with Gasteiger partial charge in [-0.15, -0.1) is 0 Å². The van der Waals surface area contributed by atoms with Gasteiger partial charge in [0, 0.05) is 24.1 Å². The van der Waals surface area contributed by atoms with Crippen molar-refractivity contribution in [3.05, 3.63) is 90.3 Å². The number of aliphatic imine (C=N–C) groups is 1. The van der Waals surface area contributed by atoms with E-state index in [1.165, 1.54) is 25.0 Å². The zero-order valence-corrected chi connectivity index (χ0v) is 22.0. The Morgan fingerprint density at radius 1 is 1.00 bits per heavy atom. The number of aryl methyl sites for hydroxylation is 1. The number of alkyl halides is 1. The molecular formula is C29H41FN4.